The zero-order valence-electron chi connectivity index (χ0n) is 20.1. The molecule has 1 heterocycles. The molecule has 0 bridgehead atoms. The Balaban J connectivity index is 1.58. The Morgan fingerprint density at radius 3 is 2.05 bits per heavy atom. The van der Waals surface area contributed by atoms with Crippen LogP contribution in [0.5, 0.6) is 0 Å². The van der Waals surface area contributed by atoms with Crippen LogP contribution in [0.25, 0.3) is 32.9 Å². The van der Waals surface area contributed by atoms with Gasteiger partial charge in [0, 0.05) is 34.0 Å². The van der Waals surface area contributed by atoms with Gasteiger partial charge < -0.3 is 10.3 Å². The summed E-state index contributed by atoms with van der Waals surface area (Å²) >= 11 is 0. The number of amides is 1. The lowest BCUT2D eigenvalue weighted by molar-refractivity contribution is 0.1000. The molecule has 6 aromatic rings. The molecule has 0 spiro atoms. The van der Waals surface area contributed by atoms with Gasteiger partial charge in [0.25, 0.3) is 0 Å². The number of benzene rings is 5. The number of fused-ring (bicyclic) bond motifs is 3. The standard InChI is InChI=1S/C33H24N2O2/c34-33(37)28-16-9-17-29-31(28)27-19-18-24(22-10-3-1-4-11-22)20-30(27)35(29)21-25-14-7-8-15-26(25)32(36)23-12-5-2-6-13-23/h1-20H,21H2,(H2,34,37). The van der Waals surface area contributed by atoms with E-state index in [2.05, 4.69) is 34.9 Å². The molecule has 4 heteroatoms. The van der Waals surface area contributed by atoms with Gasteiger partial charge in [-0.05, 0) is 34.9 Å². The molecule has 0 aliphatic heterocycles. The molecular weight excluding hydrogens is 456 g/mol. The molecule has 0 saturated carbocycles. The fourth-order valence-electron chi connectivity index (χ4n) is 5.13. The maximum Gasteiger partial charge on any atom is 0.249 e. The topological polar surface area (TPSA) is 65.1 Å². The van der Waals surface area contributed by atoms with Crippen LogP contribution in [0.15, 0.2) is 121 Å². The van der Waals surface area contributed by atoms with Gasteiger partial charge in [0.1, 0.15) is 0 Å². The third-order valence-electron chi connectivity index (χ3n) is 6.89. The molecule has 2 N–H and O–H groups in total. The van der Waals surface area contributed by atoms with Crippen LogP contribution >= 0.6 is 0 Å². The van der Waals surface area contributed by atoms with E-state index in [1.807, 2.05) is 84.9 Å². The lowest BCUT2D eigenvalue weighted by atomic mass is 9.98. The summed E-state index contributed by atoms with van der Waals surface area (Å²) in [7, 11) is 0. The molecule has 0 radical (unpaired) electrons. The van der Waals surface area contributed by atoms with E-state index < -0.39 is 5.91 Å². The highest BCUT2D eigenvalue weighted by atomic mass is 16.1. The Labute approximate surface area is 214 Å². The second-order valence-electron chi connectivity index (χ2n) is 9.10. The number of carbonyl (C=O) groups is 2. The van der Waals surface area contributed by atoms with Gasteiger partial charge in [-0.25, -0.2) is 0 Å². The van der Waals surface area contributed by atoms with E-state index in [4.69, 9.17) is 5.73 Å². The number of carbonyl (C=O) groups excluding carboxylic acids is 2. The summed E-state index contributed by atoms with van der Waals surface area (Å²) in [6.07, 6.45) is 0. The summed E-state index contributed by atoms with van der Waals surface area (Å²) in [5.74, 6) is -0.476. The van der Waals surface area contributed by atoms with Crippen LogP contribution in [0.2, 0.25) is 0 Å². The first-order chi connectivity index (χ1) is 18.1. The summed E-state index contributed by atoms with van der Waals surface area (Å²) in [5.41, 5.74) is 12.6. The normalized spacial score (nSPS) is 11.1. The summed E-state index contributed by atoms with van der Waals surface area (Å²) in [4.78, 5) is 25.8. The molecule has 37 heavy (non-hydrogen) atoms. The number of rotatable bonds is 6. The van der Waals surface area contributed by atoms with E-state index in [0.29, 0.717) is 23.2 Å². The first kappa shape index (κ1) is 22.5. The molecule has 4 nitrogen and oxygen atoms in total. The zero-order valence-corrected chi connectivity index (χ0v) is 20.1. The molecule has 0 unspecified atom stereocenters. The van der Waals surface area contributed by atoms with Crippen molar-refractivity contribution in [1.29, 1.82) is 0 Å². The predicted molar refractivity (Wildman–Crippen MR) is 149 cm³/mol. The molecule has 0 aliphatic rings. The molecule has 0 aliphatic carbocycles. The van der Waals surface area contributed by atoms with E-state index in [1.54, 1.807) is 6.07 Å². The van der Waals surface area contributed by atoms with Gasteiger partial charge in [-0.2, -0.15) is 0 Å². The molecular formula is C33H24N2O2. The minimum absolute atomic E-state index is 0.0141. The maximum atomic E-state index is 13.4. The Morgan fingerprint density at radius 2 is 1.30 bits per heavy atom. The molecule has 0 atom stereocenters. The van der Waals surface area contributed by atoms with Crippen molar-refractivity contribution in [3.8, 4) is 11.1 Å². The first-order valence-corrected chi connectivity index (χ1v) is 12.2. The van der Waals surface area contributed by atoms with Gasteiger partial charge >= 0.3 is 0 Å². The fraction of sp³-hybridized carbons (Fsp3) is 0.0303. The third-order valence-corrected chi connectivity index (χ3v) is 6.89. The average molecular weight is 481 g/mol. The highest BCUT2D eigenvalue weighted by Gasteiger charge is 2.19. The van der Waals surface area contributed by atoms with Crippen LogP contribution in [-0.4, -0.2) is 16.3 Å². The van der Waals surface area contributed by atoms with Gasteiger partial charge in [0.05, 0.1) is 11.0 Å². The molecule has 1 amide bonds. The average Bonchev–Trinajstić information content (AvgIpc) is 3.26. The number of hydrogen-bond donors (Lipinski definition) is 1. The maximum absolute atomic E-state index is 13.4. The number of nitrogens with zero attached hydrogens (tertiary/aromatic N) is 1. The highest BCUT2D eigenvalue weighted by molar-refractivity contribution is 6.18. The van der Waals surface area contributed by atoms with E-state index >= 15 is 0 Å². The van der Waals surface area contributed by atoms with Crippen molar-refractivity contribution in [2.45, 2.75) is 6.54 Å². The van der Waals surface area contributed by atoms with E-state index in [1.165, 1.54) is 0 Å². The summed E-state index contributed by atoms with van der Waals surface area (Å²) in [6, 6.07) is 39.2. The Hall–Kier alpha value is -4.96. The zero-order chi connectivity index (χ0) is 25.4. The van der Waals surface area contributed by atoms with Crippen molar-refractivity contribution in [2.75, 3.05) is 0 Å². The Morgan fingerprint density at radius 1 is 0.622 bits per heavy atom. The minimum atomic E-state index is -0.462. The van der Waals surface area contributed by atoms with Crippen LogP contribution in [0.1, 0.15) is 31.8 Å². The molecule has 178 valence electrons. The van der Waals surface area contributed by atoms with Crippen molar-refractivity contribution in [3.05, 3.63) is 144 Å². The smallest absolute Gasteiger partial charge is 0.249 e. The van der Waals surface area contributed by atoms with Crippen LogP contribution < -0.4 is 5.73 Å². The quantitative estimate of drug-likeness (QED) is 0.265. The number of primary amides is 1. The third kappa shape index (κ3) is 3.99. The van der Waals surface area contributed by atoms with Gasteiger partial charge in [0.15, 0.2) is 5.78 Å². The van der Waals surface area contributed by atoms with Crippen molar-refractivity contribution >= 4 is 33.5 Å². The monoisotopic (exact) mass is 480 g/mol. The largest absolute Gasteiger partial charge is 0.366 e. The minimum Gasteiger partial charge on any atom is -0.366 e. The molecule has 0 fully saturated rings. The molecule has 1 aromatic heterocycles. The fourth-order valence-corrected chi connectivity index (χ4v) is 5.13. The summed E-state index contributed by atoms with van der Waals surface area (Å²) in [5, 5.41) is 1.78. The van der Waals surface area contributed by atoms with E-state index in [0.717, 1.165) is 38.5 Å². The lowest BCUT2D eigenvalue weighted by Crippen LogP contribution is -2.11. The van der Waals surface area contributed by atoms with Crippen LogP contribution in [-0.2, 0) is 6.54 Å². The predicted octanol–water partition coefficient (Wildman–Crippen LogP) is 6.84. The SMILES string of the molecule is NC(=O)c1cccc2c1c1ccc(-c3ccccc3)cc1n2Cc1ccccc1C(=O)c1ccccc1. The van der Waals surface area contributed by atoms with Gasteiger partial charge in [-0.15, -0.1) is 0 Å². The lowest BCUT2D eigenvalue weighted by Gasteiger charge is -2.13. The number of hydrogen-bond acceptors (Lipinski definition) is 2. The van der Waals surface area contributed by atoms with Crippen molar-refractivity contribution in [1.82, 2.24) is 4.57 Å². The van der Waals surface area contributed by atoms with E-state index in [-0.39, 0.29) is 5.78 Å². The molecule has 6 rings (SSSR count). The van der Waals surface area contributed by atoms with Crippen LogP contribution in [0.3, 0.4) is 0 Å². The Bertz CT molecular complexity index is 1780. The van der Waals surface area contributed by atoms with Crippen molar-refractivity contribution in [3.63, 3.8) is 0 Å². The van der Waals surface area contributed by atoms with Crippen LogP contribution in [0, 0.1) is 0 Å². The number of ketones is 1. The molecule has 5 aromatic carbocycles. The van der Waals surface area contributed by atoms with Gasteiger partial charge in [-0.3, -0.25) is 9.59 Å². The highest BCUT2D eigenvalue weighted by Crippen LogP contribution is 2.35. The Kier molecular flexibility index (Phi) is 5.62. The van der Waals surface area contributed by atoms with E-state index in [9.17, 15) is 9.59 Å². The summed E-state index contributed by atoms with van der Waals surface area (Å²) in [6.45, 7) is 0.467. The molecule has 0 saturated heterocycles. The first-order valence-electron chi connectivity index (χ1n) is 12.2. The van der Waals surface area contributed by atoms with Gasteiger partial charge in [-0.1, -0.05) is 103 Å². The number of nitrogens with two attached hydrogens (primary N) is 1. The number of aromatic nitrogens is 1. The van der Waals surface area contributed by atoms with Gasteiger partial charge in [0.2, 0.25) is 5.91 Å². The van der Waals surface area contributed by atoms with Crippen molar-refractivity contribution < 1.29 is 9.59 Å². The van der Waals surface area contributed by atoms with Crippen molar-refractivity contribution in [2.24, 2.45) is 5.73 Å². The second kappa shape index (κ2) is 9.25. The summed E-state index contributed by atoms with van der Waals surface area (Å²) < 4.78 is 2.18. The second-order valence-corrected chi connectivity index (χ2v) is 9.10. The van der Waals surface area contributed by atoms with Crippen LogP contribution in [0.4, 0.5) is 0 Å².